The van der Waals surface area contributed by atoms with Gasteiger partial charge in [0, 0.05) is 31.7 Å². The van der Waals surface area contributed by atoms with E-state index in [1.54, 1.807) is 13.2 Å². The SMILES string of the molecule is COc1cccc2oc(=O)cc(NC3CCN(CC=Cc4ccccc4)CC3)c12. The van der Waals surface area contributed by atoms with Gasteiger partial charge in [0.2, 0.25) is 0 Å². The summed E-state index contributed by atoms with van der Waals surface area (Å²) in [5, 5.41) is 4.38. The van der Waals surface area contributed by atoms with Gasteiger partial charge in [-0.3, -0.25) is 4.90 Å². The lowest BCUT2D eigenvalue weighted by atomic mass is 10.0. The number of piperidine rings is 1. The fourth-order valence-corrected chi connectivity index (χ4v) is 3.86. The topological polar surface area (TPSA) is 54.7 Å². The second kappa shape index (κ2) is 8.97. The highest BCUT2D eigenvalue weighted by molar-refractivity contribution is 5.95. The van der Waals surface area contributed by atoms with Gasteiger partial charge in [-0.05, 0) is 30.5 Å². The van der Waals surface area contributed by atoms with Crippen molar-refractivity contribution in [1.82, 2.24) is 4.90 Å². The first kappa shape index (κ1) is 19.3. The van der Waals surface area contributed by atoms with Gasteiger partial charge >= 0.3 is 5.63 Å². The Hall–Kier alpha value is -3.05. The van der Waals surface area contributed by atoms with E-state index in [1.165, 1.54) is 11.6 Å². The summed E-state index contributed by atoms with van der Waals surface area (Å²) in [5.41, 5.74) is 2.21. The van der Waals surface area contributed by atoms with Crippen molar-refractivity contribution in [1.29, 1.82) is 0 Å². The van der Waals surface area contributed by atoms with Crippen molar-refractivity contribution in [3.8, 4) is 5.75 Å². The molecule has 1 aromatic heterocycles. The Morgan fingerprint density at radius 1 is 1.14 bits per heavy atom. The molecule has 0 spiro atoms. The minimum absolute atomic E-state index is 0.319. The van der Waals surface area contributed by atoms with Crippen LogP contribution in [0.3, 0.4) is 0 Å². The second-order valence-corrected chi connectivity index (χ2v) is 7.34. The molecule has 1 aliphatic rings. The molecule has 4 rings (SSSR count). The summed E-state index contributed by atoms with van der Waals surface area (Å²) in [6.07, 6.45) is 6.45. The predicted octanol–water partition coefficient (Wildman–Crippen LogP) is 4.39. The van der Waals surface area contributed by atoms with E-state index < -0.39 is 0 Å². The summed E-state index contributed by atoms with van der Waals surface area (Å²) in [7, 11) is 1.63. The number of rotatable bonds is 6. The maximum absolute atomic E-state index is 12.0. The summed E-state index contributed by atoms with van der Waals surface area (Å²) in [6, 6.07) is 17.7. The highest BCUT2D eigenvalue weighted by atomic mass is 16.5. The summed E-state index contributed by atoms with van der Waals surface area (Å²) in [6.45, 7) is 2.99. The van der Waals surface area contributed by atoms with E-state index in [0.29, 0.717) is 17.4 Å². The first-order valence-electron chi connectivity index (χ1n) is 10.0. The molecule has 0 atom stereocenters. The van der Waals surface area contributed by atoms with Gasteiger partial charge in [0.1, 0.15) is 11.3 Å². The number of nitrogens with zero attached hydrogens (tertiary/aromatic N) is 1. The number of ether oxygens (including phenoxy) is 1. The molecule has 0 unspecified atom stereocenters. The van der Waals surface area contributed by atoms with Crippen molar-refractivity contribution in [2.45, 2.75) is 18.9 Å². The standard InChI is InChI=1S/C24H26N2O3/c1-28-21-10-5-11-22-24(21)20(17-23(27)29-22)25-19-12-15-26(16-13-19)14-6-9-18-7-3-2-4-8-18/h2-11,17,19,25H,12-16H2,1H3. The number of likely N-dealkylation sites (tertiary alicyclic amines) is 1. The maximum Gasteiger partial charge on any atom is 0.338 e. The fraction of sp³-hybridized carbons (Fsp3) is 0.292. The van der Waals surface area contributed by atoms with E-state index in [4.69, 9.17) is 9.15 Å². The molecule has 2 aromatic carbocycles. The van der Waals surface area contributed by atoms with Crippen molar-refractivity contribution >= 4 is 22.7 Å². The van der Waals surface area contributed by atoms with Crippen LogP contribution < -0.4 is 15.7 Å². The third-order valence-electron chi connectivity index (χ3n) is 5.37. The number of fused-ring (bicyclic) bond motifs is 1. The molecule has 1 fully saturated rings. The van der Waals surface area contributed by atoms with Crippen molar-refractivity contribution in [3.63, 3.8) is 0 Å². The molecule has 0 bridgehead atoms. The van der Waals surface area contributed by atoms with Crippen LogP contribution in [0.4, 0.5) is 5.69 Å². The van der Waals surface area contributed by atoms with Crippen LogP contribution in [0.5, 0.6) is 5.75 Å². The molecule has 0 saturated carbocycles. The van der Waals surface area contributed by atoms with Crippen molar-refractivity contribution in [2.75, 3.05) is 32.1 Å². The highest BCUT2D eigenvalue weighted by Gasteiger charge is 2.20. The van der Waals surface area contributed by atoms with E-state index in [-0.39, 0.29) is 5.63 Å². The van der Waals surface area contributed by atoms with Crippen LogP contribution >= 0.6 is 0 Å². The van der Waals surface area contributed by atoms with Crippen LogP contribution in [0.1, 0.15) is 18.4 Å². The molecular formula is C24H26N2O3. The van der Waals surface area contributed by atoms with Gasteiger partial charge in [-0.25, -0.2) is 4.79 Å². The smallest absolute Gasteiger partial charge is 0.338 e. The van der Waals surface area contributed by atoms with Crippen molar-refractivity contribution in [2.24, 2.45) is 0 Å². The van der Waals surface area contributed by atoms with Crippen LogP contribution in [0.15, 0.2) is 69.9 Å². The van der Waals surface area contributed by atoms with Crippen LogP contribution in [0, 0.1) is 0 Å². The summed E-state index contributed by atoms with van der Waals surface area (Å²) in [5.74, 6) is 0.706. The fourth-order valence-electron chi connectivity index (χ4n) is 3.86. The Labute approximate surface area is 170 Å². The van der Waals surface area contributed by atoms with E-state index in [0.717, 1.165) is 43.5 Å². The van der Waals surface area contributed by atoms with Gasteiger partial charge in [-0.1, -0.05) is 48.6 Å². The Morgan fingerprint density at radius 3 is 2.69 bits per heavy atom. The molecule has 5 nitrogen and oxygen atoms in total. The van der Waals surface area contributed by atoms with Crippen LogP contribution in [0.2, 0.25) is 0 Å². The molecule has 3 aromatic rings. The average molecular weight is 390 g/mol. The monoisotopic (exact) mass is 390 g/mol. The Morgan fingerprint density at radius 2 is 1.93 bits per heavy atom. The van der Waals surface area contributed by atoms with Crippen LogP contribution in [-0.4, -0.2) is 37.7 Å². The number of hydrogen-bond acceptors (Lipinski definition) is 5. The zero-order valence-electron chi connectivity index (χ0n) is 16.6. The molecular weight excluding hydrogens is 364 g/mol. The Bertz CT molecular complexity index is 1030. The first-order valence-corrected chi connectivity index (χ1v) is 10.0. The van der Waals surface area contributed by atoms with E-state index in [9.17, 15) is 4.79 Å². The molecule has 0 amide bonds. The zero-order chi connectivity index (χ0) is 20.1. The number of anilines is 1. The lowest BCUT2D eigenvalue weighted by Crippen LogP contribution is -2.39. The lowest BCUT2D eigenvalue weighted by molar-refractivity contribution is 0.240. The quantitative estimate of drug-likeness (QED) is 0.633. The molecule has 29 heavy (non-hydrogen) atoms. The third kappa shape index (κ3) is 4.69. The maximum atomic E-state index is 12.0. The van der Waals surface area contributed by atoms with Gasteiger partial charge in [0.25, 0.3) is 0 Å². The molecule has 5 heteroatoms. The summed E-state index contributed by atoms with van der Waals surface area (Å²) >= 11 is 0. The van der Waals surface area contributed by atoms with E-state index in [2.05, 4.69) is 46.6 Å². The molecule has 1 N–H and O–H groups in total. The molecule has 1 saturated heterocycles. The summed E-state index contributed by atoms with van der Waals surface area (Å²) in [4.78, 5) is 14.4. The molecule has 150 valence electrons. The van der Waals surface area contributed by atoms with Gasteiger partial charge in [0.05, 0.1) is 18.2 Å². The zero-order valence-corrected chi connectivity index (χ0v) is 16.6. The largest absolute Gasteiger partial charge is 0.496 e. The van der Waals surface area contributed by atoms with Gasteiger partial charge in [0.15, 0.2) is 0 Å². The third-order valence-corrected chi connectivity index (χ3v) is 5.37. The first-order chi connectivity index (χ1) is 14.2. The average Bonchev–Trinajstić information content (AvgIpc) is 2.75. The Balaban J connectivity index is 1.39. The second-order valence-electron chi connectivity index (χ2n) is 7.34. The minimum Gasteiger partial charge on any atom is -0.496 e. The van der Waals surface area contributed by atoms with Crippen LogP contribution in [-0.2, 0) is 0 Å². The number of benzene rings is 2. The minimum atomic E-state index is -0.350. The Kier molecular flexibility index (Phi) is 5.96. The number of methoxy groups -OCH3 is 1. The molecule has 1 aliphatic heterocycles. The normalized spacial score (nSPS) is 15.8. The van der Waals surface area contributed by atoms with Crippen molar-refractivity contribution < 1.29 is 9.15 Å². The lowest BCUT2D eigenvalue weighted by Gasteiger charge is -2.32. The number of nitrogens with one attached hydrogen (secondary N) is 1. The molecule has 2 heterocycles. The summed E-state index contributed by atoms with van der Waals surface area (Å²) < 4.78 is 10.8. The molecule has 0 radical (unpaired) electrons. The van der Waals surface area contributed by atoms with Crippen molar-refractivity contribution in [3.05, 3.63) is 76.7 Å². The van der Waals surface area contributed by atoms with E-state index >= 15 is 0 Å². The van der Waals surface area contributed by atoms with Gasteiger partial charge < -0.3 is 14.5 Å². The predicted molar refractivity (Wildman–Crippen MR) is 118 cm³/mol. The number of hydrogen-bond donors (Lipinski definition) is 1. The highest BCUT2D eigenvalue weighted by Crippen LogP contribution is 2.32. The van der Waals surface area contributed by atoms with Gasteiger partial charge in [-0.2, -0.15) is 0 Å². The van der Waals surface area contributed by atoms with E-state index in [1.807, 2.05) is 18.2 Å². The molecule has 0 aliphatic carbocycles. The van der Waals surface area contributed by atoms with Crippen LogP contribution in [0.25, 0.3) is 17.0 Å². The van der Waals surface area contributed by atoms with Gasteiger partial charge in [-0.15, -0.1) is 0 Å².